The minimum atomic E-state index is -1.46. The van der Waals surface area contributed by atoms with E-state index in [9.17, 15) is 24.3 Å². The average molecular weight is 579 g/mol. The Bertz CT molecular complexity index is 1330. The molecule has 42 heavy (non-hydrogen) atoms. The molecule has 2 aliphatic rings. The number of nitrogens with zero attached hydrogens (tertiary/aromatic N) is 2. The third kappa shape index (κ3) is 7.21. The van der Waals surface area contributed by atoms with Gasteiger partial charge in [-0.05, 0) is 51.0 Å². The summed E-state index contributed by atoms with van der Waals surface area (Å²) < 4.78 is 5.59. The van der Waals surface area contributed by atoms with E-state index in [-0.39, 0.29) is 36.6 Å². The van der Waals surface area contributed by atoms with Crippen molar-refractivity contribution in [2.75, 3.05) is 28.2 Å². The lowest BCUT2D eigenvalue weighted by molar-refractivity contribution is -0.152. The molecule has 1 heterocycles. The molecule has 1 fully saturated rings. The molecule has 0 aromatic heterocycles. The first-order chi connectivity index (χ1) is 19.8. The summed E-state index contributed by atoms with van der Waals surface area (Å²) in [5.41, 5.74) is -0.178. The standard InChI is InChI=1S/C32H42N4O6/c1-31(2,3)27(37)20-36-26-17-10-9-16-25(26)35(22-13-7-6-8-14-22)19-24(28(36)38)34-30(41)33-21-12-11-15-23(18-21)42-32(4,5)29(39)40/h9-12,15-18,22,24H,6-8,13-14,19-20H2,1-5H3,(H,39,40)(H2,33,34,41). The Morgan fingerprint density at radius 3 is 2.26 bits per heavy atom. The van der Waals surface area contributed by atoms with E-state index < -0.39 is 29.1 Å². The largest absolute Gasteiger partial charge is 0.478 e. The molecule has 2 aromatic carbocycles. The van der Waals surface area contributed by atoms with Crippen LogP contribution in [0, 0.1) is 5.41 Å². The van der Waals surface area contributed by atoms with Gasteiger partial charge in [0, 0.05) is 29.8 Å². The van der Waals surface area contributed by atoms with Gasteiger partial charge in [-0.2, -0.15) is 0 Å². The van der Waals surface area contributed by atoms with Crippen molar-refractivity contribution in [3.8, 4) is 5.75 Å². The Morgan fingerprint density at radius 2 is 1.62 bits per heavy atom. The number of Topliss-reactive ketones (excluding diaryl/α,β-unsaturated/α-hetero) is 1. The summed E-state index contributed by atoms with van der Waals surface area (Å²) >= 11 is 0. The number of ether oxygens (including phenoxy) is 1. The van der Waals surface area contributed by atoms with Crippen LogP contribution in [-0.2, 0) is 14.4 Å². The molecule has 1 saturated carbocycles. The normalized spacial score (nSPS) is 18.1. The topological polar surface area (TPSA) is 128 Å². The second kappa shape index (κ2) is 12.4. The first kappa shape index (κ1) is 30.9. The van der Waals surface area contributed by atoms with Gasteiger partial charge in [0.1, 0.15) is 11.8 Å². The van der Waals surface area contributed by atoms with E-state index in [0.29, 0.717) is 11.4 Å². The van der Waals surface area contributed by atoms with Crippen molar-refractivity contribution < 1.29 is 29.0 Å². The lowest BCUT2D eigenvalue weighted by Gasteiger charge is -2.37. The second-order valence-corrected chi connectivity index (χ2v) is 12.6. The number of para-hydroxylation sites is 2. The molecule has 0 spiro atoms. The number of urea groups is 1. The number of nitrogens with one attached hydrogen (secondary N) is 2. The summed E-state index contributed by atoms with van der Waals surface area (Å²) in [6.07, 6.45) is 5.34. The number of hydrogen-bond acceptors (Lipinski definition) is 6. The smallest absolute Gasteiger partial charge is 0.347 e. The SMILES string of the molecule is CC(C)(C)C(=O)CN1C(=O)C(NC(=O)Nc2cccc(OC(C)(C)C(=O)O)c2)CN(C2CCCCC2)c2ccccc21. The van der Waals surface area contributed by atoms with Gasteiger partial charge in [-0.3, -0.25) is 9.59 Å². The summed E-state index contributed by atoms with van der Waals surface area (Å²) in [6, 6.07) is 12.8. The van der Waals surface area contributed by atoms with Gasteiger partial charge in [-0.1, -0.05) is 58.2 Å². The monoisotopic (exact) mass is 578 g/mol. The Labute approximate surface area is 247 Å². The number of hydrogen-bond donors (Lipinski definition) is 3. The summed E-state index contributed by atoms with van der Waals surface area (Å²) in [5.74, 6) is -1.28. The Hall–Kier alpha value is -4.08. The van der Waals surface area contributed by atoms with Crippen LogP contribution in [0.1, 0.15) is 66.7 Å². The van der Waals surface area contributed by atoms with Gasteiger partial charge >= 0.3 is 12.0 Å². The number of carbonyl (C=O) groups excluding carboxylic acids is 3. The lowest BCUT2D eigenvalue weighted by Crippen LogP contribution is -2.55. The zero-order valence-corrected chi connectivity index (χ0v) is 25.1. The fraction of sp³-hybridized carbons (Fsp3) is 0.500. The molecule has 3 amide bonds. The molecule has 4 rings (SSSR count). The van der Waals surface area contributed by atoms with E-state index in [2.05, 4.69) is 15.5 Å². The second-order valence-electron chi connectivity index (χ2n) is 12.6. The van der Waals surface area contributed by atoms with Crippen LogP contribution in [0.2, 0.25) is 0 Å². The number of carboxylic acids is 1. The van der Waals surface area contributed by atoms with Gasteiger partial charge in [-0.15, -0.1) is 0 Å². The van der Waals surface area contributed by atoms with E-state index in [4.69, 9.17) is 4.74 Å². The highest BCUT2D eigenvalue weighted by molar-refractivity contribution is 6.08. The zero-order chi connectivity index (χ0) is 30.7. The fourth-order valence-corrected chi connectivity index (χ4v) is 5.31. The minimum absolute atomic E-state index is 0.0823. The highest BCUT2D eigenvalue weighted by atomic mass is 16.5. The van der Waals surface area contributed by atoms with Gasteiger partial charge in [0.15, 0.2) is 11.4 Å². The molecule has 10 heteroatoms. The number of anilines is 3. The maximum Gasteiger partial charge on any atom is 0.347 e. The fourth-order valence-electron chi connectivity index (χ4n) is 5.31. The van der Waals surface area contributed by atoms with Gasteiger partial charge in [-0.25, -0.2) is 9.59 Å². The van der Waals surface area contributed by atoms with Crippen LogP contribution in [0.25, 0.3) is 0 Å². The number of aliphatic carboxylic acids is 1. The molecule has 1 aliphatic carbocycles. The van der Waals surface area contributed by atoms with E-state index >= 15 is 0 Å². The highest BCUT2D eigenvalue weighted by Crippen LogP contribution is 2.37. The summed E-state index contributed by atoms with van der Waals surface area (Å²) in [4.78, 5) is 55.7. The maximum absolute atomic E-state index is 14.1. The van der Waals surface area contributed by atoms with Crippen molar-refractivity contribution in [3.05, 3.63) is 48.5 Å². The van der Waals surface area contributed by atoms with Crippen molar-refractivity contribution in [1.82, 2.24) is 5.32 Å². The number of benzene rings is 2. The minimum Gasteiger partial charge on any atom is -0.478 e. The molecule has 1 atom stereocenters. The van der Waals surface area contributed by atoms with E-state index in [1.54, 1.807) is 18.2 Å². The van der Waals surface area contributed by atoms with Crippen LogP contribution < -0.4 is 25.2 Å². The third-order valence-electron chi connectivity index (χ3n) is 7.86. The van der Waals surface area contributed by atoms with Crippen molar-refractivity contribution in [3.63, 3.8) is 0 Å². The first-order valence-corrected chi connectivity index (χ1v) is 14.6. The van der Waals surface area contributed by atoms with Crippen LogP contribution in [0.15, 0.2) is 48.5 Å². The highest BCUT2D eigenvalue weighted by Gasteiger charge is 2.39. The van der Waals surface area contributed by atoms with E-state index in [1.165, 1.54) is 31.2 Å². The Balaban J connectivity index is 1.61. The van der Waals surface area contributed by atoms with E-state index in [0.717, 1.165) is 31.4 Å². The van der Waals surface area contributed by atoms with Crippen LogP contribution in [-0.4, -0.2) is 59.6 Å². The Kier molecular flexibility index (Phi) is 9.13. The van der Waals surface area contributed by atoms with Gasteiger partial charge in [0.05, 0.1) is 17.9 Å². The quantitative estimate of drug-likeness (QED) is 0.392. The van der Waals surface area contributed by atoms with Gasteiger partial charge in [0.25, 0.3) is 5.91 Å². The number of fused-ring (bicyclic) bond motifs is 1. The van der Waals surface area contributed by atoms with Crippen LogP contribution >= 0.6 is 0 Å². The molecule has 0 bridgehead atoms. The van der Waals surface area contributed by atoms with Gasteiger partial charge < -0.3 is 30.3 Å². The molecule has 1 aliphatic heterocycles. The summed E-state index contributed by atoms with van der Waals surface area (Å²) in [7, 11) is 0. The summed E-state index contributed by atoms with van der Waals surface area (Å²) in [6.45, 7) is 8.53. The number of amides is 3. The average Bonchev–Trinajstić information content (AvgIpc) is 3.03. The number of rotatable bonds is 8. The molecular formula is C32H42N4O6. The van der Waals surface area contributed by atoms with E-state index in [1.807, 2.05) is 45.0 Å². The lowest BCUT2D eigenvalue weighted by atomic mass is 9.90. The van der Waals surface area contributed by atoms with Gasteiger partial charge in [0.2, 0.25) is 0 Å². The third-order valence-corrected chi connectivity index (χ3v) is 7.86. The number of carbonyl (C=O) groups is 4. The van der Waals surface area contributed by atoms with Crippen molar-refractivity contribution in [2.45, 2.75) is 84.4 Å². The molecule has 1 unspecified atom stereocenters. The Morgan fingerprint density at radius 1 is 0.952 bits per heavy atom. The molecule has 2 aromatic rings. The van der Waals surface area contributed by atoms with Crippen LogP contribution in [0.5, 0.6) is 5.75 Å². The predicted octanol–water partition coefficient (Wildman–Crippen LogP) is 5.22. The molecule has 3 N–H and O–H groups in total. The van der Waals surface area contributed by atoms with Crippen LogP contribution in [0.3, 0.4) is 0 Å². The van der Waals surface area contributed by atoms with Crippen molar-refractivity contribution in [1.29, 1.82) is 0 Å². The molecule has 226 valence electrons. The zero-order valence-electron chi connectivity index (χ0n) is 25.1. The van der Waals surface area contributed by atoms with Crippen LogP contribution in [0.4, 0.5) is 21.9 Å². The van der Waals surface area contributed by atoms with Crippen molar-refractivity contribution >= 4 is 40.8 Å². The van der Waals surface area contributed by atoms with Crippen molar-refractivity contribution in [2.24, 2.45) is 5.41 Å². The molecular weight excluding hydrogens is 536 g/mol. The molecule has 10 nitrogen and oxygen atoms in total. The maximum atomic E-state index is 14.1. The predicted molar refractivity (Wildman–Crippen MR) is 162 cm³/mol. The summed E-state index contributed by atoms with van der Waals surface area (Å²) in [5, 5.41) is 15.0. The molecule has 0 radical (unpaired) electrons. The number of ketones is 1. The molecule has 0 saturated heterocycles. The first-order valence-electron chi connectivity index (χ1n) is 14.6. The number of carboxylic acid groups (broad SMARTS) is 1.